The van der Waals surface area contributed by atoms with Gasteiger partial charge in [-0.05, 0) is 13.3 Å². The molecule has 0 bridgehead atoms. The summed E-state index contributed by atoms with van der Waals surface area (Å²) in [6.07, 6.45) is 1.05. The summed E-state index contributed by atoms with van der Waals surface area (Å²) in [6, 6.07) is 10.0. The maximum atomic E-state index is 5.74. The second kappa shape index (κ2) is 5.49. The van der Waals surface area contributed by atoms with Gasteiger partial charge < -0.3 is 11.1 Å². The molecular weight excluding hydrogens is 224 g/mol. The number of nitrogens with two attached hydrogens (primary N) is 1. The summed E-state index contributed by atoms with van der Waals surface area (Å²) in [7, 11) is 0. The third-order valence-electron chi connectivity index (χ3n) is 2.71. The van der Waals surface area contributed by atoms with Crippen LogP contribution in [0.3, 0.4) is 0 Å². The molecule has 2 aromatic rings. The molecule has 0 atom stereocenters. The molecule has 0 aliphatic rings. The van der Waals surface area contributed by atoms with Crippen LogP contribution in [-0.2, 0) is 0 Å². The van der Waals surface area contributed by atoms with E-state index < -0.39 is 0 Å². The molecule has 0 aliphatic carbocycles. The zero-order valence-electron chi connectivity index (χ0n) is 10.8. The predicted molar refractivity (Wildman–Crippen MR) is 75.4 cm³/mol. The zero-order chi connectivity index (χ0) is 13.0. The molecule has 0 aliphatic heterocycles. The first-order valence-electron chi connectivity index (χ1n) is 6.15. The minimum absolute atomic E-state index is 0.313. The molecule has 4 heteroatoms. The van der Waals surface area contributed by atoms with Gasteiger partial charge in [0.05, 0.1) is 17.1 Å². The van der Waals surface area contributed by atoms with Gasteiger partial charge >= 0.3 is 0 Å². The molecule has 0 unspecified atom stereocenters. The van der Waals surface area contributed by atoms with E-state index in [-0.39, 0.29) is 0 Å². The first-order valence-corrected chi connectivity index (χ1v) is 6.15. The van der Waals surface area contributed by atoms with E-state index in [0.29, 0.717) is 5.95 Å². The summed E-state index contributed by atoms with van der Waals surface area (Å²) in [5.41, 5.74) is 9.52. The average molecular weight is 242 g/mol. The molecule has 18 heavy (non-hydrogen) atoms. The van der Waals surface area contributed by atoms with Crippen LogP contribution in [0, 0.1) is 6.92 Å². The number of hydrogen-bond acceptors (Lipinski definition) is 4. The van der Waals surface area contributed by atoms with E-state index in [0.717, 1.165) is 35.6 Å². The molecule has 4 nitrogen and oxygen atoms in total. The van der Waals surface area contributed by atoms with Crippen molar-refractivity contribution in [1.82, 2.24) is 9.97 Å². The average Bonchev–Trinajstić information content (AvgIpc) is 2.38. The van der Waals surface area contributed by atoms with E-state index in [1.807, 2.05) is 37.3 Å². The van der Waals surface area contributed by atoms with Crippen LogP contribution in [0.5, 0.6) is 0 Å². The first-order chi connectivity index (χ1) is 8.72. The van der Waals surface area contributed by atoms with Crippen molar-refractivity contribution in [3.63, 3.8) is 0 Å². The highest BCUT2D eigenvalue weighted by Gasteiger charge is 2.11. The number of nitrogens with zero attached hydrogens (tertiary/aromatic N) is 2. The minimum Gasteiger partial charge on any atom is -0.382 e. The van der Waals surface area contributed by atoms with Crippen LogP contribution in [0.2, 0.25) is 0 Å². The Kier molecular flexibility index (Phi) is 3.77. The lowest BCUT2D eigenvalue weighted by molar-refractivity contribution is 0.968. The van der Waals surface area contributed by atoms with Gasteiger partial charge in [0, 0.05) is 12.1 Å². The van der Waals surface area contributed by atoms with Gasteiger partial charge in [-0.25, -0.2) is 9.97 Å². The van der Waals surface area contributed by atoms with Crippen molar-refractivity contribution < 1.29 is 0 Å². The summed E-state index contributed by atoms with van der Waals surface area (Å²) in [6.45, 7) is 4.97. The van der Waals surface area contributed by atoms with Crippen LogP contribution >= 0.6 is 0 Å². The second-order valence-electron chi connectivity index (χ2n) is 4.18. The molecular formula is C14H18N4. The Hall–Kier alpha value is -2.10. The Bertz CT molecular complexity index is 523. The van der Waals surface area contributed by atoms with Crippen LogP contribution in [-0.4, -0.2) is 16.5 Å². The number of benzene rings is 1. The van der Waals surface area contributed by atoms with Gasteiger partial charge in [-0.15, -0.1) is 0 Å². The molecule has 2 rings (SSSR count). The molecule has 0 saturated heterocycles. The molecule has 0 fully saturated rings. The number of hydrogen-bond donors (Lipinski definition) is 2. The van der Waals surface area contributed by atoms with E-state index >= 15 is 0 Å². The highest BCUT2D eigenvalue weighted by atomic mass is 15.0. The molecule has 3 N–H and O–H groups in total. The number of rotatable bonds is 4. The van der Waals surface area contributed by atoms with E-state index in [2.05, 4.69) is 22.2 Å². The Morgan fingerprint density at radius 2 is 1.89 bits per heavy atom. The van der Waals surface area contributed by atoms with Gasteiger partial charge in [0.2, 0.25) is 5.95 Å². The van der Waals surface area contributed by atoms with Gasteiger partial charge in [0.25, 0.3) is 0 Å². The number of nitrogen functional groups attached to an aromatic ring is 1. The van der Waals surface area contributed by atoms with Crippen LogP contribution in [0.4, 0.5) is 11.6 Å². The zero-order valence-corrected chi connectivity index (χ0v) is 10.8. The topological polar surface area (TPSA) is 63.8 Å². The van der Waals surface area contributed by atoms with Gasteiger partial charge in [0.1, 0.15) is 0 Å². The Labute approximate surface area is 107 Å². The summed E-state index contributed by atoms with van der Waals surface area (Å²) in [5.74, 6) is 0.313. The van der Waals surface area contributed by atoms with Gasteiger partial charge in [-0.3, -0.25) is 0 Å². The second-order valence-corrected chi connectivity index (χ2v) is 4.18. The Balaban J connectivity index is 2.50. The molecule has 0 saturated carbocycles. The fourth-order valence-electron chi connectivity index (χ4n) is 1.86. The van der Waals surface area contributed by atoms with E-state index in [9.17, 15) is 0 Å². The molecule has 94 valence electrons. The summed E-state index contributed by atoms with van der Waals surface area (Å²) in [4.78, 5) is 8.58. The monoisotopic (exact) mass is 242 g/mol. The standard InChI is InChI=1S/C14H18N4/c1-3-9-16-12-10(2)17-14(15)18-13(12)11-7-5-4-6-8-11/h4-8,16H,3,9H2,1-2H3,(H2,15,17,18). The van der Waals surface area contributed by atoms with E-state index in [4.69, 9.17) is 5.73 Å². The molecule has 1 aromatic heterocycles. The molecule has 0 spiro atoms. The Morgan fingerprint density at radius 3 is 2.56 bits per heavy atom. The molecule has 0 amide bonds. The highest BCUT2D eigenvalue weighted by molar-refractivity contribution is 5.76. The number of aryl methyl sites for hydroxylation is 1. The van der Waals surface area contributed by atoms with Crippen molar-refractivity contribution in [3.05, 3.63) is 36.0 Å². The van der Waals surface area contributed by atoms with Crippen molar-refractivity contribution >= 4 is 11.6 Å². The quantitative estimate of drug-likeness (QED) is 0.865. The van der Waals surface area contributed by atoms with Crippen LogP contribution in [0.15, 0.2) is 30.3 Å². The lowest BCUT2D eigenvalue weighted by atomic mass is 10.1. The van der Waals surface area contributed by atoms with Crippen molar-refractivity contribution in [1.29, 1.82) is 0 Å². The van der Waals surface area contributed by atoms with Crippen LogP contribution in [0.1, 0.15) is 19.0 Å². The van der Waals surface area contributed by atoms with Gasteiger partial charge in [-0.2, -0.15) is 0 Å². The minimum atomic E-state index is 0.313. The molecule has 0 radical (unpaired) electrons. The maximum absolute atomic E-state index is 5.74. The fraction of sp³-hybridized carbons (Fsp3) is 0.286. The van der Waals surface area contributed by atoms with Gasteiger partial charge in [0.15, 0.2) is 0 Å². The summed E-state index contributed by atoms with van der Waals surface area (Å²) < 4.78 is 0. The fourth-order valence-corrected chi connectivity index (χ4v) is 1.86. The molecule has 1 aromatic carbocycles. The summed E-state index contributed by atoms with van der Waals surface area (Å²) in [5, 5.41) is 3.38. The van der Waals surface area contributed by atoms with E-state index in [1.54, 1.807) is 0 Å². The van der Waals surface area contributed by atoms with Crippen molar-refractivity contribution in [3.8, 4) is 11.3 Å². The lowest BCUT2D eigenvalue weighted by Gasteiger charge is -2.13. The third-order valence-corrected chi connectivity index (χ3v) is 2.71. The Morgan fingerprint density at radius 1 is 1.17 bits per heavy atom. The van der Waals surface area contributed by atoms with Crippen molar-refractivity contribution in [2.75, 3.05) is 17.6 Å². The molecule has 1 heterocycles. The number of anilines is 2. The number of aromatic nitrogens is 2. The lowest BCUT2D eigenvalue weighted by Crippen LogP contribution is -2.08. The van der Waals surface area contributed by atoms with Gasteiger partial charge in [-0.1, -0.05) is 37.3 Å². The SMILES string of the molecule is CCCNc1c(C)nc(N)nc1-c1ccccc1. The largest absolute Gasteiger partial charge is 0.382 e. The first kappa shape index (κ1) is 12.4. The van der Waals surface area contributed by atoms with E-state index in [1.165, 1.54) is 0 Å². The van der Waals surface area contributed by atoms with Crippen LogP contribution in [0.25, 0.3) is 11.3 Å². The highest BCUT2D eigenvalue weighted by Crippen LogP contribution is 2.28. The van der Waals surface area contributed by atoms with Crippen LogP contribution < -0.4 is 11.1 Å². The summed E-state index contributed by atoms with van der Waals surface area (Å²) >= 11 is 0. The smallest absolute Gasteiger partial charge is 0.220 e. The normalized spacial score (nSPS) is 10.3. The van der Waals surface area contributed by atoms with Crippen molar-refractivity contribution in [2.45, 2.75) is 20.3 Å². The predicted octanol–water partition coefficient (Wildman–Crippen LogP) is 2.86. The number of nitrogens with one attached hydrogen (secondary N) is 1. The van der Waals surface area contributed by atoms with Crippen molar-refractivity contribution in [2.24, 2.45) is 0 Å². The maximum Gasteiger partial charge on any atom is 0.220 e. The third kappa shape index (κ3) is 2.59.